The third kappa shape index (κ3) is 6.63. The second kappa shape index (κ2) is 2.82. The molecule has 0 rings (SSSR count). The topological polar surface area (TPSA) is 0 Å². The van der Waals surface area contributed by atoms with Gasteiger partial charge in [0.05, 0.1) is 0 Å². The predicted molar refractivity (Wildman–Crippen MR) is 29.2 cm³/mol. The fourth-order valence-corrected chi connectivity index (χ4v) is 0.771. The van der Waals surface area contributed by atoms with Crippen molar-refractivity contribution >= 4 is 27.5 Å². The van der Waals surface area contributed by atoms with Crippen LogP contribution in [0, 0.1) is 0 Å². The third-order valence-corrected chi connectivity index (χ3v) is 0.963. The van der Waals surface area contributed by atoms with Gasteiger partial charge in [-0.05, 0) is 15.9 Å². The summed E-state index contributed by atoms with van der Waals surface area (Å²) in [6.07, 6.45) is -0.311. The van der Waals surface area contributed by atoms with E-state index in [1.807, 2.05) is 0 Å². The molecule has 0 aromatic heterocycles. The first kappa shape index (κ1) is 7.63. The summed E-state index contributed by atoms with van der Waals surface area (Å²) in [5, 5.41) is 0. The molecule has 0 aromatic carbocycles. The molecule has 0 unspecified atom stereocenters. The van der Waals surface area contributed by atoms with Crippen molar-refractivity contribution in [2.75, 3.05) is 5.88 Å². The monoisotopic (exact) mass is 192 g/mol. The molecule has 0 aliphatic heterocycles. The molecule has 0 aliphatic carbocycles. The third-order valence-electron chi connectivity index (χ3n) is 0.378. The molecule has 0 heterocycles. The number of hydrogen-bond donors (Lipinski definition) is 0. The Bertz CT molecular complexity index is 51.4. The van der Waals surface area contributed by atoms with Crippen molar-refractivity contribution in [2.45, 2.75) is 11.3 Å². The summed E-state index contributed by atoms with van der Waals surface area (Å²) in [7, 11) is 0. The van der Waals surface area contributed by atoms with Crippen molar-refractivity contribution in [2.24, 2.45) is 0 Å². The zero-order valence-electron chi connectivity index (χ0n) is 3.43. The number of halogens is 4. The van der Waals surface area contributed by atoms with Gasteiger partial charge in [0.15, 0.2) is 0 Å². The van der Waals surface area contributed by atoms with Crippen LogP contribution in [0.2, 0.25) is 0 Å². The van der Waals surface area contributed by atoms with Gasteiger partial charge >= 0.3 is 4.83 Å². The van der Waals surface area contributed by atoms with Gasteiger partial charge in [0.2, 0.25) is 0 Å². The summed E-state index contributed by atoms with van der Waals surface area (Å²) >= 11 is 7.10. The normalized spacial score (nSPS) is 12.0. The number of alkyl halides is 4. The van der Waals surface area contributed by atoms with Gasteiger partial charge in [0.1, 0.15) is 0 Å². The maximum Gasteiger partial charge on any atom is 0.302 e. The van der Waals surface area contributed by atoms with Gasteiger partial charge in [-0.25, -0.2) is 0 Å². The Hall–Kier alpha value is 0.630. The summed E-state index contributed by atoms with van der Waals surface area (Å²) in [6, 6.07) is 0. The Morgan fingerprint density at radius 3 is 2.00 bits per heavy atom. The first-order valence-electron chi connectivity index (χ1n) is 1.69. The van der Waals surface area contributed by atoms with Gasteiger partial charge in [-0.2, -0.15) is 8.78 Å². The van der Waals surface area contributed by atoms with E-state index in [-0.39, 0.29) is 12.3 Å². The molecule has 0 N–H and O–H groups in total. The largest absolute Gasteiger partial charge is 0.302 e. The molecule has 0 atom stereocenters. The zero-order valence-corrected chi connectivity index (χ0v) is 5.77. The molecule has 0 aliphatic rings. The Labute approximate surface area is 54.0 Å². The molecule has 0 spiro atoms. The van der Waals surface area contributed by atoms with E-state index in [4.69, 9.17) is 11.6 Å². The highest BCUT2D eigenvalue weighted by molar-refractivity contribution is 9.09. The van der Waals surface area contributed by atoms with Crippen LogP contribution in [-0.2, 0) is 0 Å². The summed E-state index contributed by atoms with van der Waals surface area (Å²) in [4.78, 5) is -2.77. The van der Waals surface area contributed by atoms with Gasteiger partial charge in [-0.15, -0.1) is 11.6 Å². The van der Waals surface area contributed by atoms with Gasteiger partial charge in [-0.3, -0.25) is 0 Å². The standard InChI is InChI=1S/C3H4BrClF2/c4-3(6,7)1-2-5/h1-2H2. The molecule has 0 saturated carbocycles. The van der Waals surface area contributed by atoms with Crippen molar-refractivity contribution in [3.05, 3.63) is 0 Å². The van der Waals surface area contributed by atoms with Crippen LogP contribution < -0.4 is 0 Å². The SMILES string of the molecule is FC(F)(Br)CCCl. The number of rotatable bonds is 2. The van der Waals surface area contributed by atoms with Crippen LogP contribution in [0.3, 0.4) is 0 Å². The molecular weight excluding hydrogens is 189 g/mol. The molecular formula is C3H4BrClF2. The lowest BCUT2D eigenvalue weighted by molar-refractivity contribution is 0.111. The van der Waals surface area contributed by atoms with Crippen molar-refractivity contribution in [3.8, 4) is 0 Å². The Kier molecular flexibility index (Phi) is 3.08. The van der Waals surface area contributed by atoms with Crippen molar-refractivity contribution in [1.29, 1.82) is 0 Å². The molecule has 0 fully saturated rings. The summed E-state index contributed by atoms with van der Waals surface area (Å²) in [5.74, 6) is -0.0156. The van der Waals surface area contributed by atoms with Gasteiger partial charge in [0.25, 0.3) is 0 Å². The fraction of sp³-hybridized carbons (Fsp3) is 1.00. The lowest BCUT2D eigenvalue weighted by atomic mass is 10.5. The lowest BCUT2D eigenvalue weighted by Crippen LogP contribution is -2.03. The Morgan fingerprint density at radius 2 is 2.00 bits per heavy atom. The second-order valence-electron chi connectivity index (χ2n) is 1.05. The molecule has 0 amide bonds. The molecule has 0 saturated heterocycles. The first-order valence-corrected chi connectivity index (χ1v) is 3.02. The highest BCUT2D eigenvalue weighted by atomic mass is 79.9. The average molecular weight is 193 g/mol. The minimum Gasteiger partial charge on any atom is -0.194 e. The van der Waals surface area contributed by atoms with Gasteiger partial charge in [-0.1, -0.05) is 0 Å². The lowest BCUT2D eigenvalue weighted by Gasteiger charge is -2.01. The van der Waals surface area contributed by atoms with Crippen molar-refractivity contribution in [1.82, 2.24) is 0 Å². The molecule has 7 heavy (non-hydrogen) atoms. The molecule has 0 aromatic rings. The van der Waals surface area contributed by atoms with Gasteiger partial charge in [0, 0.05) is 12.3 Å². The van der Waals surface area contributed by atoms with E-state index >= 15 is 0 Å². The Morgan fingerprint density at radius 1 is 1.57 bits per heavy atom. The Balaban J connectivity index is 3.15. The first-order chi connectivity index (χ1) is 3.06. The van der Waals surface area contributed by atoms with Crippen LogP contribution in [0.15, 0.2) is 0 Å². The quantitative estimate of drug-likeness (QED) is 0.591. The van der Waals surface area contributed by atoms with E-state index in [1.54, 1.807) is 0 Å². The van der Waals surface area contributed by atoms with Crippen molar-refractivity contribution in [3.63, 3.8) is 0 Å². The van der Waals surface area contributed by atoms with Crippen LogP contribution in [0.4, 0.5) is 8.78 Å². The van der Waals surface area contributed by atoms with Crippen LogP contribution in [0.1, 0.15) is 6.42 Å². The predicted octanol–water partition coefficient (Wildman–Crippen LogP) is 2.60. The van der Waals surface area contributed by atoms with E-state index < -0.39 is 4.83 Å². The number of hydrogen-bond acceptors (Lipinski definition) is 0. The van der Waals surface area contributed by atoms with Crippen LogP contribution in [0.25, 0.3) is 0 Å². The van der Waals surface area contributed by atoms with Crippen LogP contribution >= 0.6 is 27.5 Å². The molecule has 0 nitrogen and oxygen atoms in total. The van der Waals surface area contributed by atoms with E-state index in [0.29, 0.717) is 0 Å². The summed E-state index contributed by atoms with van der Waals surface area (Å²) in [5.41, 5.74) is 0. The maximum absolute atomic E-state index is 11.6. The van der Waals surface area contributed by atoms with E-state index in [1.165, 1.54) is 0 Å². The molecule has 0 radical (unpaired) electrons. The van der Waals surface area contributed by atoms with Gasteiger partial charge < -0.3 is 0 Å². The highest BCUT2D eigenvalue weighted by Gasteiger charge is 2.21. The summed E-state index contributed by atoms with van der Waals surface area (Å²) in [6.45, 7) is 0. The van der Waals surface area contributed by atoms with Crippen LogP contribution in [0.5, 0.6) is 0 Å². The second-order valence-corrected chi connectivity index (χ2v) is 2.59. The van der Waals surface area contributed by atoms with E-state index in [2.05, 4.69) is 15.9 Å². The van der Waals surface area contributed by atoms with E-state index in [9.17, 15) is 8.78 Å². The van der Waals surface area contributed by atoms with E-state index in [0.717, 1.165) is 0 Å². The zero-order chi connectivity index (χ0) is 5.91. The summed E-state index contributed by atoms with van der Waals surface area (Å²) < 4.78 is 23.1. The minimum atomic E-state index is -2.77. The average Bonchev–Trinajstić information content (AvgIpc) is 1.30. The van der Waals surface area contributed by atoms with Crippen LogP contribution in [-0.4, -0.2) is 10.7 Å². The molecule has 0 bridgehead atoms. The highest BCUT2D eigenvalue weighted by Crippen LogP contribution is 2.25. The fourth-order valence-electron chi connectivity index (χ4n) is 0.107. The molecule has 44 valence electrons. The van der Waals surface area contributed by atoms with Crippen molar-refractivity contribution < 1.29 is 8.78 Å². The minimum absolute atomic E-state index is 0.0156. The maximum atomic E-state index is 11.6. The smallest absolute Gasteiger partial charge is 0.194 e. The molecule has 4 heteroatoms.